The topological polar surface area (TPSA) is 110 Å². The fraction of sp³-hybridized carbons (Fsp3) is 0.300. The number of halogens is 1. The van der Waals surface area contributed by atoms with E-state index in [9.17, 15) is 25.1 Å². The lowest BCUT2D eigenvalue weighted by Gasteiger charge is -2.16. The van der Waals surface area contributed by atoms with E-state index in [4.69, 9.17) is 11.6 Å². The van der Waals surface area contributed by atoms with Crippen molar-refractivity contribution in [1.82, 2.24) is 0 Å². The summed E-state index contributed by atoms with van der Waals surface area (Å²) in [7, 11) is 1.01. The number of aliphatic hydroxyl groups is 2. The highest BCUT2D eigenvalue weighted by atomic mass is 35.5. The monoisotopic (exact) mass is 275 g/mol. The van der Waals surface area contributed by atoms with Gasteiger partial charge in [-0.1, -0.05) is 17.7 Å². The maximum Gasteiger partial charge on any atom is 0.337 e. The molecule has 1 rings (SSSR count). The van der Waals surface area contributed by atoms with Gasteiger partial charge in [-0.2, -0.15) is 0 Å². The van der Waals surface area contributed by atoms with Crippen LogP contribution >= 0.6 is 11.6 Å². The maximum atomic E-state index is 11.1. The van der Waals surface area contributed by atoms with Crippen molar-refractivity contribution < 1.29 is 24.7 Å². The lowest BCUT2D eigenvalue weighted by Crippen LogP contribution is -2.29. The number of esters is 1. The van der Waals surface area contributed by atoms with Crippen molar-refractivity contribution in [2.45, 2.75) is 12.2 Å². The Kier molecular flexibility index (Phi) is 4.60. The van der Waals surface area contributed by atoms with Gasteiger partial charge in [0.15, 0.2) is 6.10 Å². The van der Waals surface area contributed by atoms with Crippen LogP contribution in [0.2, 0.25) is 5.02 Å². The zero-order valence-electron chi connectivity index (χ0n) is 9.24. The normalized spacial score (nSPS) is 13.8. The highest BCUT2D eigenvalue weighted by Crippen LogP contribution is 2.33. The first-order chi connectivity index (χ1) is 8.40. The van der Waals surface area contributed by atoms with Crippen LogP contribution in [-0.2, 0) is 9.53 Å². The van der Waals surface area contributed by atoms with Gasteiger partial charge in [0, 0.05) is 6.07 Å². The molecule has 2 atom stereocenters. The Bertz CT molecular complexity index is 477. The Morgan fingerprint density at radius 1 is 1.50 bits per heavy atom. The third-order valence-electron chi connectivity index (χ3n) is 2.26. The van der Waals surface area contributed by atoms with Gasteiger partial charge in [0.1, 0.15) is 6.10 Å². The Balaban J connectivity index is 3.23. The third kappa shape index (κ3) is 2.76. The minimum atomic E-state index is -1.95. The second kappa shape index (κ2) is 5.76. The molecule has 2 N–H and O–H groups in total. The summed E-state index contributed by atoms with van der Waals surface area (Å²) < 4.78 is 4.23. The first-order valence-electron chi connectivity index (χ1n) is 4.77. The van der Waals surface area contributed by atoms with Crippen LogP contribution in [0.3, 0.4) is 0 Å². The highest BCUT2D eigenvalue weighted by molar-refractivity contribution is 6.31. The molecule has 1 aromatic carbocycles. The molecule has 0 spiro atoms. The number of nitro groups is 1. The van der Waals surface area contributed by atoms with Crippen molar-refractivity contribution in [2.24, 2.45) is 0 Å². The predicted molar refractivity (Wildman–Crippen MR) is 61.1 cm³/mol. The summed E-state index contributed by atoms with van der Waals surface area (Å²) in [6.07, 6.45) is -3.79. The minimum Gasteiger partial charge on any atom is -0.467 e. The zero-order valence-corrected chi connectivity index (χ0v) is 10.00. The summed E-state index contributed by atoms with van der Waals surface area (Å²) in [5.41, 5.74) is -0.819. The van der Waals surface area contributed by atoms with Gasteiger partial charge >= 0.3 is 5.97 Å². The molecule has 0 aromatic heterocycles. The molecule has 0 amide bonds. The molecule has 0 aliphatic rings. The summed E-state index contributed by atoms with van der Waals surface area (Å²) >= 11 is 5.73. The summed E-state index contributed by atoms with van der Waals surface area (Å²) in [4.78, 5) is 21.1. The van der Waals surface area contributed by atoms with E-state index in [-0.39, 0.29) is 10.6 Å². The van der Waals surface area contributed by atoms with Crippen molar-refractivity contribution in [3.8, 4) is 0 Å². The zero-order chi connectivity index (χ0) is 13.9. The number of carbonyl (C=O) groups is 1. The summed E-state index contributed by atoms with van der Waals surface area (Å²) in [5.74, 6) is -1.11. The van der Waals surface area contributed by atoms with E-state index in [2.05, 4.69) is 4.74 Å². The highest BCUT2D eigenvalue weighted by Gasteiger charge is 2.33. The van der Waals surface area contributed by atoms with Gasteiger partial charge in [-0.15, -0.1) is 0 Å². The second-order valence-electron chi connectivity index (χ2n) is 3.34. The lowest BCUT2D eigenvalue weighted by atomic mass is 10.0. The third-order valence-corrected chi connectivity index (χ3v) is 2.59. The molecule has 2 unspecified atom stereocenters. The molecule has 18 heavy (non-hydrogen) atoms. The molecule has 0 saturated heterocycles. The van der Waals surface area contributed by atoms with Crippen molar-refractivity contribution in [2.75, 3.05) is 7.11 Å². The van der Waals surface area contributed by atoms with Crippen LogP contribution in [0, 0.1) is 10.1 Å². The molecule has 7 nitrogen and oxygen atoms in total. The van der Waals surface area contributed by atoms with E-state index in [1.807, 2.05) is 0 Å². The smallest absolute Gasteiger partial charge is 0.337 e. The average Bonchev–Trinajstić information content (AvgIpc) is 2.35. The van der Waals surface area contributed by atoms with Crippen LogP contribution in [0.5, 0.6) is 0 Å². The number of benzene rings is 1. The van der Waals surface area contributed by atoms with Crippen molar-refractivity contribution in [1.29, 1.82) is 0 Å². The standard InChI is InChI=1S/C10H10ClNO6/c1-18-10(15)9(14)8(13)7-5(11)3-2-4-6(7)12(16)17/h2-4,8-9,13-14H,1H3. The number of aliphatic hydroxyl groups excluding tert-OH is 2. The average molecular weight is 276 g/mol. The van der Waals surface area contributed by atoms with Gasteiger partial charge in [0.25, 0.3) is 5.69 Å². The van der Waals surface area contributed by atoms with Crippen molar-refractivity contribution in [3.05, 3.63) is 38.9 Å². The van der Waals surface area contributed by atoms with Gasteiger partial charge in [-0.25, -0.2) is 4.79 Å². The number of hydrogen-bond acceptors (Lipinski definition) is 6. The molecule has 0 aliphatic heterocycles. The van der Waals surface area contributed by atoms with Crippen LogP contribution in [0.1, 0.15) is 11.7 Å². The maximum absolute atomic E-state index is 11.1. The Morgan fingerprint density at radius 2 is 2.11 bits per heavy atom. The second-order valence-corrected chi connectivity index (χ2v) is 3.75. The van der Waals surface area contributed by atoms with E-state index < -0.39 is 28.8 Å². The molecule has 0 bridgehead atoms. The van der Waals surface area contributed by atoms with Crippen molar-refractivity contribution >= 4 is 23.3 Å². The molecule has 0 radical (unpaired) electrons. The fourth-order valence-electron chi connectivity index (χ4n) is 1.39. The fourth-order valence-corrected chi connectivity index (χ4v) is 1.67. The number of nitrogens with zero attached hydrogens (tertiary/aromatic N) is 1. The number of hydrogen-bond donors (Lipinski definition) is 2. The first kappa shape index (κ1) is 14.4. The van der Waals surface area contributed by atoms with Gasteiger partial charge < -0.3 is 14.9 Å². The summed E-state index contributed by atoms with van der Waals surface area (Å²) in [5, 5.41) is 29.9. The number of rotatable bonds is 4. The van der Waals surface area contributed by atoms with Gasteiger partial charge in [0.2, 0.25) is 0 Å². The lowest BCUT2D eigenvalue weighted by molar-refractivity contribution is -0.386. The van der Waals surface area contributed by atoms with Crippen LogP contribution < -0.4 is 0 Å². The molecule has 0 aliphatic carbocycles. The molecule has 0 saturated carbocycles. The number of methoxy groups -OCH3 is 1. The van der Waals surface area contributed by atoms with Crippen LogP contribution in [0.25, 0.3) is 0 Å². The van der Waals surface area contributed by atoms with Crippen LogP contribution in [-0.4, -0.2) is 34.3 Å². The van der Waals surface area contributed by atoms with E-state index in [0.29, 0.717) is 0 Å². The molecule has 98 valence electrons. The van der Waals surface area contributed by atoms with E-state index in [0.717, 1.165) is 13.2 Å². The van der Waals surface area contributed by atoms with E-state index >= 15 is 0 Å². The van der Waals surface area contributed by atoms with Gasteiger partial charge in [0.05, 0.1) is 22.6 Å². The predicted octanol–water partition coefficient (Wildman–Crippen LogP) is 0.815. The molecule has 8 heteroatoms. The SMILES string of the molecule is COC(=O)C(O)C(O)c1c(Cl)cccc1[N+](=O)[O-]. The summed E-state index contributed by atoms with van der Waals surface area (Å²) in [6, 6.07) is 3.73. The molecular formula is C10H10ClNO6. The van der Waals surface area contributed by atoms with Gasteiger partial charge in [-0.05, 0) is 6.07 Å². The van der Waals surface area contributed by atoms with Crippen molar-refractivity contribution in [3.63, 3.8) is 0 Å². The Morgan fingerprint density at radius 3 is 2.61 bits per heavy atom. The van der Waals surface area contributed by atoms with E-state index in [1.54, 1.807) is 0 Å². The molecular weight excluding hydrogens is 266 g/mol. The minimum absolute atomic E-state index is 0.125. The summed E-state index contributed by atoms with van der Waals surface area (Å²) in [6.45, 7) is 0. The van der Waals surface area contributed by atoms with Crippen LogP contribution in [0.4, 0.5) is 5.69 Å². The Labute approximate surface area is 107 Å². The number of nitro benzene ring substituents is 1. The quantitative estimate of drug-likeness (QED) is 0.478. The van der Waals surface area contributed by atoms with Gasteiger partial charge in [-0.3, -0.25) is 10.1 Å². The first-order valence-corrected chi connectivity index (χ1v) is 5.14. The molecule has 1 aromatic rings. The van der Waals surface area contributed by atoms with E-state index in [1.165, 1.54) is 12.1 Å². The number of carbonyl (C=O) groups excluding carboxylic acids is 1. The van der Waals surface area contributed by atoms with Crippen LogP contribution in [0.15, 0.2) is 18.2 Å². The number of ether oxygens (including phenoxy) is 1. The Hall–Kier alpha value is -1.70. The molecule has 0 heterocycles. The molecule has 0 fully saturated rings. The largest absolute Gasteiger partial charge is 0.467 e.